The summed E-state index contributed by atoms with van der Waals surface area (Å²) in [5.74, 6) is -3.75. The number of nitrogens with zero attached hydrogens (tertiary/aromatic N) is 1. The van der Waals surface area contributed by atoms with Crippen LogP contribution in [-0.2, 0) is 16.0 Å². The van der Waals surface area contributed by atoms with Crippen LogP contribution in [0, 0.1) is 11.3 Å². The Balaban J connectivity index is 2.16. The fraction of sp³-hybridized carbons (Fsp3) is 0.100. The van der Waals surface area contributed by atoms with Gasteiger partial charge in [-0.15, -0.1) is 0 Å². The highest BCUT2D eigenvalue weighted by Gasteiger charge is 2.46. The summed E-state index contributed by atoms with van der Waals surface area (Å²) < 4.78 is 3.31. The fourth-order valence-electron chi connectivity index (χ4n) is 2.77. The van der Waals surface area contributed by atoms with E-state index in [0.29, 0.717) is 16.5 Å². The average molecular weight is 442 g/mol. The maximum absolute atomic E-state index is 13.1. The lowest BCUT2D eigenvalue weighted by molar-refractivity contribution is -0.151. The van der Waals surface area contributed by atoms with Crippen molar-refractivity contribution in [2.75, 3.05) is 0 Å². The van der Waals surface area contributed by atoms with E-state index in [9.17, 15) is 24.6 Å². The lowest BCUT2D eigenvalue weighted by Gasteiger charge is -2.16. The first-order chi connectivity index (χ1) is 13.3. The Morgan fingerprint density at radius 2 is 1.64 bits per heavy atom. The monoisotopic (exact) mass is 441 g/mol. The Hall–Kier alpha value is -3.44. The molecule has 3 aromatic rings. The van der Waals surface area contributed by atoms with Gasteiger partial charge in [0, 0.05) is 17.4 Å². The van der Waals surface area contributed by atoms with Crippen LogP contribution in [-0.4, -0.2) is 32.3 Å². The van der Waals surface area contributed by atoms with Gasteiger partial charge in [0.2, 0.25) is 4.32 Å². The van der Waals surface area contributed by atoms with E-state index in [4.69, 9.17) is 9.68 Å². The molecule has 0 unspecified atom stereocenters. The molecule has 140 valence electrons. The summed E-state index contributed by atoms with van der Waals surface area (Å²) in [5, 5.41) is 28.1. The lowest BCUT2D eigenvalue weighted by atomic mass is 9.95. The molecule has 0 radical (unpaired) electrons. The third kappa shape index (κ3) is 3.28. The SMILES string of the molecule is N#Cc1ccc(C(=O)c2c(CC(Br)(C(=O)O)C(=O)O)oc3ccccc23)cc1. The number of fused-ring (bicyclic) bond motifs is 1. The maximum atomic E-state index is 13.1. The summed E-state index contributed by atoms with van der Waals surface area (Å²) in [7, 11) is 0. The van der Waals surface area contributed by atoms with Crippen LogP contribution >= 0.6 is 15.9 Å². The van der Waals surface area contributed by atoms with Gasteiger partial charge in [-0.2, -0.15) is 5.26 Å². The zero-order valence-corrected chi connectivity index (χ0v) is 15.8. The van der Waals surface area contributed by atoms with Crippen molar-refractivity contribution in [2.24, 2.45) is 0 Å². The van der Waals surface area contributed by atoms with Crippen LogP contribution in [0.5, 0.6) is 0 Å². The first-order valence-electron chi connectivity index (χ1n) is 7.99. The Kier molecular flexibility index (Phi) is 5.03. The van der Waals surface area contributed by atoms with Gasteiger partial charge in [0.05, 0.1) is 17.2 Å². The summed E-state index contributed by atoms with van der Waals surface area (Å²) in [5.41, 5.74) is 1.06. The molecule has 8 heteroatoms. The van der Waals surface area contributed by atoms with Crippen molar-refractivity contribution in [1.82, 2.24) is 0 Å². The second-order valence-electron chi connectivity index (χ2n) is 6.00. The van der Waals surface area contributed by atoms with Crippen LogP contribution in [0.15, 0.2) is 52.9 Å². The molecule has 1 aromatic heterocycles. The van der Waals surface area contributed by atoms with Gasteiger partial charge in [-0.25, -0.2) is 0 Å². The maximum Gasteiger partial charge on any atom is 0.332 e. The van der Waals surface area contributed by atoms with E-state index < -0.39 is 28.5 Å². The van der Waals surface area contributed by atoms with Crippen molar-refractivity contribution < 1.29 is 29.0 Å². The molecule has 28 heavy (non-hydrogen) atoms. The van der Waals surface area contributed by atoms with E-state index >= 15 is 0 Å². The fourth-order valence-corrected chi connectivity index (χ4v) is 3.03. The highest BCUT2D eigenvalue weighted by molar-refractivity contribution is 9.10. The number of carboxylic acids is 2. The lowest BCUT2D eigenvalue weighted by Crippen LogP contribution is -2.42. The molecule has 0 aliphatic carbocycles. The van der Waals surface area contributed by atoms with E-state index in [2.05, 4.69) is 15.9 Å². The van der Waals surface area contributed by atoms with E-state index in [0.717, 1.165) is 0 Å². The van der Waals surface area contributed by atoms with Crippen LogP contribution in [0.3, 0.4) is 0 Å². The zero-order valence-electron chi connectivity index (χ0n) is 14.2. The van der Waals surface area contributed by atoms with Gasteiger partial charge in [-0.1, -0.05) is 34.1 Å². The van der Waals surface area contributed by atoms with E-state index in [1.165, 1.54) is 24.3 Å². The predicted molar refractivity (Wildman–Crippen MR) is 101 cm³/mol. The number of halogens is 1. The highest BCUT2D eigenvalue weighted by Crippen LogP contribution is 2.33. The van der Waals surface area contributed by atoms with Crippen LogP contribution in [0.25, 0.3) is 11.0 Å². The number of hydrogen-bond donors (Lipinski definition) is 2. The number of carbonyl (C=O) groups excluding carboxylic acids is 1. The van der Waals surface area contributed by atoms with Gasteiger partial charge in [-0.05, 0) is 30.3 Å². The number of rotatable bonds is 6. The number of benzene rings is 2. The van der Waals surface area contributed by atoms with Crippen LogP contribution in [0.2, 0.25) is 0 Å². The van der Waals surface area contributed by atoms with Crippen molar-refractivity contribution in [1.29, 1.82) is 5.26 Å². The normalized spacial score (nSPS) is 11.1. The molecule has 2 aromatic carbocycles. The minimum atomic E-state index is -2.35. The molecule has 1 heterocycles. The van der Waals surface area contributed by atoms with Crippen molar-refractivity contribution in [3.8, 4) is 6.07 Å². The number of alkyl halides is 1. The first kappa shape index (κ1) is 19.3. The molecule has 7 nitrogen and oxygen atoms in total. The van der Waals surface area contributed by atoms with Gasteiger partial charge >= 0.3 is 11.9 Å². The second-order valence-corrected chi connectivity index (χ2v) is 7.36. The number of nitriles is 1. The molecule has 0 saturated heterocycles. The summed E-state index contributed by atoms with van der Waals surface area (Å²) in [4.78, 5) is 36.2. The molecular weight excluding hydrogens is 430 g/mol. The van der Waals surface area contributed by atoms with Crippen molar-refractivity contribution in [3.05, 3.63) is 71.0 Å². The van der Waals surface area contributed by atoms with Crippen molar-refractivity contribution >= 4 is 44.6 Å². The van der Waals surface area contributed by atoms with E-state index in [-0.39, 0.29) is 16.9 Å². The number of ketones is 1. The number of para-hydroxylation sites is 1. The molecule has 3 rings (SSSR count). The number of furan rings is 1. The van der Waals surface area contributed by atoms with Crippen LogP contribution in [0.4, 0.5) is 0 Å². The summed E-state index contributed by atoms with van der Waals surface area (Å²) >= 11 is 2.76. The molecule has 0 aliphatic heterocycles. The number of hydrogen-bond acceptors (Lipinski definition) is 5. The minimum absolute atomic E-state index is 0.0581. The van der Waals surface area contributed by atoms with Gasteiger partial charge in [-0.3, -0.25) is 14.4 Å². The Bertz CT molecular complexity index is 1130. The minimum Gasteiger partial charge on any atom is -0.480 e. The molecule has 2 N–H and O–H groups in total. The molecule has 0 saturated carbocycles. The number of carbonyl (C=O) groups is 3. The van der Waals surface area contributed by atoms with Crippen molar-refractivity contribution in [2.45, 2.75) is 10.7 Å². The Morgan fingerprint density at radius 3 is 2.21 bits per heavy atom. The molecule has 0 amide bonds. The second kappa shape index (κ2) is 7.29. The van der Waals surface area contributed by atoms with Gasteiger partial charge in [0.25, 0.3) is 0 Å². The smallest absolute Gasteiger partial charge is 0.332 e. The zero-order chi connectivity index (χ0) is 20.5. The summed E-state index contributed by atoms with van der Waals surface area (Å²) in [6.07, 6.45) is -0.580. The van der Waals surface area contributed by atoms with E-state index in [1.807, 2.05) is 6.07 Å². The third-order valence-electron chi connectivity index (χ3n) is 4.25. The highest BCUT2D eigenvalue weighted by atomic mass is 79.9. The number of carboxylic acid groups (broad SMARTS) is 2. The first-order valence-corrected chi connectivity index (χ1v) is 8.78. The Morgan fingerprint density at radius 1 is 1.04 bits per heavy atom. The topological polar surface area (TPSA) is 129 Å². The third-order valence-corrected chi connectivity index (χ3v) is 5.21. The average Bonchev–Trinajstić information content (AvgIpc) is 3.04. The Labute approximate surface area is 166 Å². The predicted octanol–water partition coefficient (Wildman–Crippen LogP) is 3.38. The molecule has 0 spiro atoms. The number of aliphatic carboxylic acids is 2. The van der Waals surface area contributed by atoms with Gasteiger partial charge in [0.1, 0.15) is 11.3 Å². The summed E-state index contributed by atoms with van der Waals surface area (Å²) in [6.45, 7) is 0. The van der Waals surface area contributed by atoms with Crippen molar-refractivity contribution in [3.63, 3.8) is 0 Å². The van der Waals surface area contributed by atoms with Crippen LogP contribution in [0.1, 0.15) is 27.2 Å². The largest absolute Gasteiger partial charge is 0.480 e. The van der Waals surface area contributed by atoms with Gasteiger partial charge in [0.15, 0.2) is 5.78 Å². The molecule has 0 fully saturated rings. The quantitative estimate of drug-likeness (QED) is 0.340. The standard InChI is InChI=1S/C20H12BrNO6/c21-20(18(24)25,19(26)27)9-15-16(13-3-1-2-4-14(13)28-15)17(23)12-7-5-11(10-22)6-8-12/h1-8H,9H2,(H,24,25)(H,26,27). The molecule has 0 atom stereocenters. The van der Waals surface area contributed by atoms with E-state index in [1.54, 1.807) is 24.3 Å². The molecule has 0 aliphatic rings. The molecular formula is C20H12BrNO6. The summed E-state index contributed by atoms with van der Waals surface area (Å²) in [6, 6.07) is 14.5. The molecule has 0 bridgehead atoms. The van der Waals surface area contributed by atoms with Crippen LogP contribution < -0.4 is 0 Å². The van der Waals surface area contributed by atoms with Gasteiger partial charge < -0.3 is 14.6 Å².